The fraction of sp³-hybridized carbons (Fsp3) is 0.476. The predicted molar refractivity (Wildman–Crippen MR) is 106 cm³/mol. The molecule has 27 heavy (non-hydrogen) atoms. The van der Waals surface area contributed by atoms with E-state index in [-0.39, 0.29) is 10.6 Å². The van der Waals surface area contributed by atoms with Crippen molar-refractivity contribution in [2.45, 2.75) is 45.6 Å². The first kappa shape index (κ1) is 19.8. The van der Waals surface area contributed by atoms with Gasteiger partial charge in [0.1, 0.15) is 11.9 Å². The number of quaternary nitrogens is 1. The molecule has 2 aromatic rings. The zero-order chi connectivity index (χ0) is 19.5. The lowest BCUT2D eigenvalue weighted by Gasteiger charge is -2.35. The summed E-state index contributed by atoms with van der Waals surface area (Å²) in [4.78, 5) is 21.8. The Morgan fingerprint density at radius 2 is 1.96 bits per heavy atom. The molecule has 1 amide bonds. The van der Waals surface area contributed by atoms with Crippen molar-refractivity contribution in [1.82, 2.24) is 9.97 Å². The van der Waals surface area contributed by atoms with E-state index in [1.807, 2.05) is 51.2 Å². The average Bonchev–Trinajstić information content (AvgIpc) is 2.81. The summed E-state index contributed by atoms with van der Waals surface area (Å²) in [5, 5.41) is 0.740. The molecule has 0 radical (unpaired) electrons. The van der Waals surface area contributed by atoms with E-state index < -0.39 is 5.60 Å². The van der Waals surface area contributed by atoms with E-state index in [0.29, 0.717) is 19.6 Å². The summed E-state index contributed by atoms with van der Waals surface area (Å²) in [6, 6.07) is 7.81. The second-order valence-corrected chi connectivity index (χ2v) is 8.54. The molecule has 0 saturated heterocycles. The van der Waals surface area contributed by atoms with E-state index in [2.05, 4.69) is 9.97 Å². The first-order valence-corrected chi connectivity index (χ1v) is 9.78. The van der Waals surface area contributed by atoms with Crippen LogP contribution in [0.5, 0.6) is 0 Å². The molecule has 0 saturated carbocycles. The number of amides is 1. The maximum atomic E-state index is 13.2. The summed E-state index contributed by atoms with van der Waals surface area (Å²) < 4.78 is 6.09. The van der Waals surface area contributed by atoms with Gasteiger partial charge in [0.15, 0.2) is 0 Å². The molecule has 0 N–H and O–H groups in total. The summed E-state index contributed by atoms with van der Waals surface area (Å²) in [5.74, 6) is 0. The van der Waals surface area contributed by atoms with E-state index in [1.54, 1.807) is 6.33 Å². The monoisotopic (exact) mass is 388 g/mol. The number of halogens is 1. The van der Waals surface area contributed by atoms with Gasteiger partial charge in [0.25, 0.3) is 0 Å². The molecule has 1 unspecified atom stereocenters. The van der Waals surface area contributed by atoms with Gasteiger partial charge in [-0.2, -0.15) is 4.79 Å². The van der Waals surface area contributed by atoms with Gasteiger partial charge in [-0.15, -0.1) is 0 Å². The molecule has 1 aliphatic rings. The molecular weight excluding hydrogens is 362 g/mol. The standard InChI is InChI=1S/C21H27ClN3O2/c1-21(2,3)27-20(26)25(11-8-16-6-4-5-7-18(16)22)12-9-17-14-23-15-24-19(17)10-13-25/h4-7,14-15H,8-13H2,1-3H3/q+1. The molecule has 144 valence electrons. The molecule has 0 bridgehead atoms. The molecule has 2 heterocycles. The fourth-order valence-electron chi connectivity index (χ4n) is 3.48. The Bertz CT molecular complexity index is 790. The van der Waals surface area contributed by atoms with Gasteiger partial charge in [0, 0.05) is 30.5 Å². The van der Waals surface area contributed by atoms with Crippen molar-refractivity contribution < 1.29 is 14.0 Å². The van der Waals surface area contributed by atoms with Crippen LogP contribution in [0.1, 0.15) is 37.6 Å². The number of carbonyl (C=O) groups is 1. The summed E-state index contributed by atoms with van der Waals surface area (Å²) in [6.07, 6.45) is 5.50. The molecule has 6 heteroatoms. The van der Waals surface area contributed by atoms with E-state index in [4.69, 9.17) is 16.3 Å². The molecule has 0 aliphatic carbocycles. The Morgan fingerprint density at radius 3 is 2.70 bits per heavy atom. The van der Waals surface area contributed by atoms with Crippen LogP contribution in [0.4, 0.5) is 4.79 Å². The predicted octanol–water partition coefficient (Wildman–Crippen LogP) is 4.22. The maximum Gasteiger partial charge on any atom is 0.516 e. The number of fused-ring (bicyclic) bond motifs is 1. The number of benzene rings is 1. The van der Waals surface area contributed by atoms with Gasteiger partial charge in [-0.3, -0.25) is 0 Å². The minimum absolute atomic E-state index is 0.171. The van der Waals surface area contributed by atoms with Crippen LogP contribution in [0, 0.1) is 0 Å². The van der Waals surface area contributed by atoms with Crippen LogP contribution in [0.15, 0.2) is 36.8 Å². The van der Waals surface area contributed by atoms with Gasteiger partial charge < -0.3 is 4.74 Å². The van der Waals surface area contributed by atoms with Crippen LogP contribution in [0.3, 0.4) is 0 Å². The molecule has 1 atom stereocenters. The number of aromatic nitrogens is 2. The minimum Gasteiger partial charge on any atom is -0.414 e. The summed E-state index contributed by atoms with van der Waals surface area (Å²) in [7, 11) is 0. The Hall–Kier alpha value is -1.98. The lowest BCUT2D eigenvalue weighted by molar-refractivity contribution is -0.857. The van der Waals surface area contributed by atoms with Crippen LogP contribution in [-0.4, -0.2) is 45.8 Å². The van der Waals surface area contributed by atoms with E-state index in [9.17, 15) is 4.79 Å². The van der Waals surface area contributed by atoms with Gasteiger partial charge >= 0.3 is 6.09 Å². The highest BCUT2D eigenvalue weighted by Crippen LogP contribution is 2.25. The van der Waals surface area contributed by atoms with E-state index in [0.717, 1.165) is 41.1 Å². The molecule has 5 nitrogen and oxygen atoms in total. The average molecular weight is 389 g/mol. The highest BCUT2D eigenvalue weighted by Gasteiger charge is 2.42. The Balaban J connectivity index is 1.85. The number of hydrogen-bond acceptors (Lipinski definition) is 4. The van der Waals surface area contributed by atoms with Crippen LogP contribution in [-0.2, 0) is 24.0 Å². The van der Waals surface area contributed by atoms with Crippen LogP contribution in [0.2, 0.25) is 5.02 Å². The topological polar surface area (TPSA) is 52.1 Å². The number of ether oxygens (including phenoxy) is 1. The van der Waals surface area contributed by atoms with Gasteiger partial charge in [-0.05, 0) is 38.0 Å². The van der Waals surface area contributed by atoms with E-state index >= 15 is 0 Å². The van der Waals surface area contributed by atoms with Crippen LogP contribution < -0.4 is 0 Å². The smallest absolute Gasteiger partial charge is 0.414 e. The normalized spacial score (nSPS) is 19.9. The van der Waals surface area contributed by atoms with Gasteiger partial charge in [-0.25, -0.2) is 14.5 Å². The third-order valence-corrected chi connectivity index (χ3v) is 5.38. The SMILES string of the molecule is CC(C)(C)OC(=O)[N+]1(CCc2ccccc2Cl)CCc2cncnc2CC1. The molecule has 0 spiro atoms. The lowest BCUT2D eigenvalue weighted by Crippen LogP contribution is -2.57. The highest BCUT2D eigenvalue weighted by atomic mass is 35.5. The van der Waals surface area contributed by atoms with Gasteiger partial charge in [0.2, 0.25) is 0 Å². The first-order chi connectivity index (χ1) is 12.8. The third-order valence-electron chi connectivity index (χ3n) is 5.01. The maximum absolute atomic E-state index is 13.2. The van der Waals surface area contributed by atoms with Crippen LogP contribution >= 0.6 is 11.6 Å². The number of nitrogens with zero attached hydrogens (tertiary/aromatic N) is 3. The van der Waals surface area contributed by atoms with Crippen LogP contribution in [0.25, 0.3) is 0 Å². The quantitative estimate of drug-likeness (QED) is 0.738. The highest BCUT2D eigenvalue weighted by molar-refractivity contribution is 6.31. The molecule has 1 aromatic carbocycles. The summed E-state index contributed by atoms with van der Waals surface area (Å²) in [5.41, 5.74) is 2.69. The van der Waals surface area contributed by atoms with Crippen molar-refractivity contribution >= 4 is 17.7 Å². The second kappa shape index (κ2) is 7.95. The van der Waals surface area contributed by atoms with Crippen molar-refractivity contribution in [2.75, 3.05) is 19.6 Å². The lowest BCUT2D eigenvalue weighted by atomic mass is 10.1. The molecule has 3 rings (SSSR count). The molecule has 0 fully saturated rings. The number of rotatable bonds is 3. The summed E-state index contributed by atoms with van der Waals surface area (Å²) >= 11 is 6.34. The van der Waals surface area contributed by atoms with Crippen molar-refractivity contribution in [3.63, 3.8) is 0 Å². The second-order valence-electron chi connectivity index (χ2n) is 8.13. The van der Waals surface area contributed by atoms with Crippen molar-refractivity contribution in [3.05, 3.63) is 58.6 Å². The Labute approximate surface area is 165 Å². The van der Waals surface area contributed by atoms with E-state index in [1.165, 1.54) is 0 Å². The zero-order valence-corrected chi connectivity index (χ0v) is 17.0. The van der Waals surface area contributed by atoms with Gasteiger partial charge in [-0.1, -0.05) is 29.8 Å². The zero-order valence-electron chi connectivity index (χ0n) is 16.2. The first-order valence-electron chi connectivity index (χ1n) is 9.40. The van der Waals surface area contributed by atoms with Crippen molar-refractivity contribution in [3.8, 4) is 0 Å². The summed E-state index contributed by atoms with van der Waals surface area (Å²) in [6.45, 7) is 7.73. The number of carbonyl (C=O) groups excluding carboxylic acids is 1. The fourth-order valence-corrected chi connectivity index (χ4v) is 3.71. The largest absolute Gasteiger partial charge is 0.516 e. The molecule has 1 aromatic heterocycles. The Kier molecular flexibility index (Phi) is 5.82. The van der Waals surface area contributed by atoms with Crippen molar-refractivity contribution in [1.29, 1.82) is 0 Å². The third kappa shape index (κ3) is 4.85. The number of hydrogen-bond donors (Lipinski definition) is 0. The Morgan fingerprint density at radius 1 is 1.22 bits per heavy atom. The minimum atomic E-state index is -0.522. The molecule has 1 aliphatic heterocycles. The van der Waals surface area contributed by atoms with Crippen molar-refractivity contribution in [2.24, 2.45) is 0 Å². The molecular formula is C21H27ClN3O2+. The van der Waals surface area contributed by atoms with Gasteiger partial charge in [0.05, 0.1) is 25.3 Å².